The summed E-state index contributed by atoms with van der Waals surface area (Å²) >= 11 is 0. The molecule has 1 aromatic carbocycles. The lowest BCUT2D eigenvalue weighted by Gasteiger charge is -2.11. The summed E-state index contributed by atoms with van der Waals surface area (Å²) in [4.78, 5) is 28.1. The van der Waals surface area contributed by atoms with Gasteiger partial charge in [0.25, 0.3) is 0 Å². The summed E-state index contributed by atoms with van der Waals surface area (Å²) in [7, 11) is 1.73. The number of aryl methyl sites for hydroxylation is 1. The number of carbonyl (C=O) groups excluding carboxylic acids is 1. The van der Waals surface area contributed by atoms with E-state index < -0.39 is 4.92 Å². The van der Waals surface area contributed by atoms with Gasteiger partial charge in [-0.05, 0) is 36.8 Å². The fourth-order valence-electron chi connectivity index (χ4n) is 2.47. The summed E-state index contributed by atoms with van der Waals surface area (Å²) in [6.07, 6.45) is 0.338. The summed E-state index contributed by atoms with van der Waals surface area (Å²) in [5, 5.41) is 14.0. The fourth-order valence-corrected chi connectivity index (χ4v) is 2.47. The Bertz CT molecular complexity index is 788. The molecule has 1 amide bonds. The highest BCUT2D eigenvalue weighted by atomic mass is 16.6. The maximum atomic E-state index is 11.7. The second-order valence-electron chi connectivity index (χ2n) is 5.18. The van der Waals surface area contributed by atoms with E-state index in [1.54, 1.807) is 31.0 Å². The van der Waals surface area contributed by atoms with Crippen molar-refractivity contribution >= 4 is 28.8 Å². The SMILES string of the molecule is Cc1ccc([N+](=O)[O-])c(Nc2ccc3c(c2)CC(=O)N3C)n1. The molecule has 0 fully saturated rings. The van der Waals surface area contributed by atoms with E-state index in [-0.39, 0.29) is 17.4 Å². The Morgan fingerprint density at radius 3 is 2.82 bits per heavy atom. The predicted molar refractivity (Wildman–Crippen MR) is 82.5 cm³/mol. The molecular weight excluding hydrogens is 284 g/mol. The van der Waals surface area contributed by atoms with Crippen molar-refractivity contribution in [3.05, 3.63) is 51.7 Å². The molecule has 7 nitrogen and oxygen atoms in total. The van der Waals surface area contributed by atoms with Crippen molar-refractivity contribution < 1.29 is 9.72 Å². The van der Waals surface area contributed by atoms with Crippen LogP contribution in [0.4, 0.5) is 22.9 Å². The zero-order valence-corrected chi connectivity index (χ0v) is 12.2. The molecule has 0 unspecified atom stereocenters. The standard InChI is InChI=1S/C15H14N4O3/c1-9-3-5-13(19(21)22)15(16-9)17-11-4-6-12-10(7-11)8-14(20)18(12)2/h3-7H,8H2,1-2H3,(H,16,17). The molecular formula is C15H14N4O3. The van der Waals surface area contributed by atoms with Crippen LogP contribution in [0.3, 0.4) is 0 Å². The third-order valence-corrected chi connectivity index (χ3v) is 3.63. The summed E-state index contributed by atoms with van der Waals surface area (Å²) in [6.45, 7) is 1.77. The monoisotopic (exact) mass is 298 g/mol. The van der Waals surface area contributed by atoms with Gasteiger partial charge in [0.15, 0.2) is 0 Å². The molecule has 2 heterocycles. The average Bonchev–Trinajstić information content (AvgIpc) is 2.73. The largest absolute Gasteiger partial charge is 0.334 e. The molecule has 1 N–H and O–H groups in total. The van der Waals surface area contributed by atoms with Crippen LogP contribution in [0.15, 0.2) is 30.3 Å². The number of benzene rings is 1. The number of anilines is 3. The van der Waals surface area contributed by atoms with Gasteiger partial charge in [-0.1, -0.05) is 0 Å². The molecule has 0 spiro atoms. The smallest absolute Gasteiger partial charge is 0.311 e. The van der Waals surface area contributed by atoms with Crippen molar-refractivity contribution in [2.24, 2.45) is 0 Å². The van der Waals surface area contributed by atoms with E-state index in [1.165, 1.54) is 6.07 Å². The second-order valence-corrected chi connectivity index (χ2v) is 5.18. The van der Waals surface area contributed by atoms with Gasteiger partial charge in [-0.25, -0.2) is 4.98 Å². The average molecular weight is 298 g/mol. The van der Waals surface area contributed by atoms with Crippen LogP contribution in [0.2, 0.25) is 0 Å². The van der Waals surface area contributed by atoms with Crippen LogP contribution in [-0.2, 0) is 11.2 Å². The maximum absolute atomic E-state index is 11.7. The van der Waals surface area contributed by atoms with Crippen molar-refractivity contribution in [3.8, 4) is 0 Å². The lowest BCUT2D eigenvalue weighted by Crippen LogP contribution is -2.20. The molecule has 0 radical (unpaired) electrons. The van der Waals surface area contributed by atoms with E-state index in [0.717, 1.165) is 11.3 Å². The van der Waals surface area contributed by atoms with Gasteiger partial charge in [0.1, 0.15) is 0 Å². The Balaban J connectivity index is 1.95. The van der Waals surface area contributed by atoms with Gasteiger partial charge in [-0.3, -0.25) is 14.9 Å². The Labute approximate surface area is 126 Å². The molecule has 112 valence electrons. The molecule has 0 bridgehead atoms. The van der Waals surface area contributed by atoms with E-state index >= 15 is 0 Å². The van der Waals surface area contributed by atoms with Gasteiger partial charge in [0, 0.05) is 30.2 Å². The minimum Gasteiger partial charge on any atom is -0.334 e. The first-order valence-corrected chi connectivity index (χ1v) is 6.74. The number of nitrogens with zero attached hydrogens (tertiary/aromatic N) is 3. The van der Waals surface area contributed by atoms with Crippen molar-refractivity contribution in [1.29, 1.82) is 0 Å². The zero-order valence-electron chi connectivity index (χ0n) is 12.2. The molecule has 3 rings (SSSR count). The normalized spacial score (nSPS) is 13.2. The Morgan fingerprint density at radius 2 is 2.09 bits per heavy atom. The van der Waals surface area contributed by atoms with Crippen molar-refractivity contribution in [2.75, 3.05) is 17.3 Å². The number of fused-ring (bicyclic) bond motifs is 1. The van der Waals surface area contributed by atoms with Crippen LogP contribution < -0.4 is 10.2 Å². The maximum Gasteiger partial charge on any atom is 0.311 e. The van der Waals surface area contributed by atoms with E-state index in [0.29, 0.717) is 17.8 Å². The van der Waals surface area contributed by atoms with Crippen LogP contribution in [0, 0.1) is 17.0 Å². The number of nitro groups is 1. The number of pyridine rings is 1. The molecule has 2 aromatic rings. The zero-order chi connectivity index (χ0) is 15.9. The number of carbonyl (C=O) groups is 1. The molecule has 0 aliphatic carbocycles. The van der Waals surface area contributed by atoms with Gasteiger partial charge in [-0.15, -0.1) is 0 Å². The Kier molecular flexibility index (Phi) is 3.25. The van der Waals surface area contributed by atoms with Gasteiger partial charge >= 0.3 is 5.69 Å². The number of amides is 1. The van der Waals surface area contributed by atoms with Crippen LogP contribution in [0.25, 0.3) is 0 Å². The molecule has 1 aliphatic rings. The second kappa shape index (κ2) is 5.10. The minimum atomic E-state index is -0.473. The third-order valence-electron chi connectivity index (χ3n) is 3.63. The fraction of sp³-hybridized carbons (Fsp3) is 0.200. The quantitative estimate of drug-likeness (QED) is 0.695. The summed E-state index contributed by atoms with van der Waals surface area (Å²) in [5.41, 5.74) is 3.03. The highest BCUT2D eigenvalue weighted by molar-refractivity contribution is 6.01. The van der Waals surface area contributed by atoms with E-state index in [9.17, 15) is 14.9 Å². The third kappa shape index (κ3) is 2.37. The number of nitrogens with one attached hydrogen (secondary N) is 1. The molecule has 0 atom stereocenters. The Hall–Kier alpha value is -2.96. The minimum absolute atomic E-state index is 0.0341. The summed E-state index contributed by atoms with van der Waals surface area (Å²) in [6, 6.07) is 8.45. The van der Waals surface area contributed by atoms with Crippen molar-refractivity contribution in [2.45, 2.75) is 13.3 Å². The number of likely N-dealkylation sites (N-methyl/N-ethyl adjacent to an activating group) is 1. The molecule has 22 heavy (non-hydrogen) atoms. The van der Waals surface area contributed by atoms with Crippen LogP contribution >= 0.6 is 0 Å². The van der Waals surface area contributed by atoms with Gasteiger partial charge < -0.3 is 10.2 Å². The molecule has 0 saturated carbocycles. The van der Waals surface area contributed by atoms with Crippen molar-refractivity contribution in [3.63, 3.8) is 0 Å². The first-order valence-electron chi connectivity index (χ1n) is 6.74. The number of rotatable bonds is 3. The van der Waals surface area contributed by atoms with Gasteiger partial charge in [0.2, 0.25) is 11.7 Å². The lowest BCUT2D eigenvalue weighted by molar-refractivity contribution is -0.384. The lowest BCUT2D eigenvalue weighted by atomic mass is 10.1. The van der Waals surface area contributed by atoms with Crippen LogP contribution in [0.1, 0.15) is 11.3 Å². The molecule has 7 heteroatoms. The number of hydrogen-bond acceptors (Lipinski definition) is 5. The highest BCUT2D eigenvalue weighted by Crippen LogP contribution is 2.32. The van der Waals surface area contributed by atoms with Crippen molar-refractivity contribution in [1.82, 2.24) is 4.98 Å². The number of hydrogen-bond donors (Lipinski definition) is 1. The Morgan fingerprint density at radius 1 is 1.32 bits per heavy atom. The van der Waals surface area contributed by atoms with E-state index in [4.69, 9.17) is 0 Å². The number of aromatic nitrogens is 1. The topological polar surface area (TPSA) is 88.4 Å². The summed E-state index contributed by atoms with van der Waals surface area (Å²) < 4.78 is 0. The predicted octanol–water partition coefficient (Wildman–Crippen LogP) is 2.56. The highest BCUT2D eigenvalue weighted by Gasteiger charge is 2.24. The first kappa shape index (κ1) is 14.0. The molecule has 1 aliphatic heterocycles. The first-order chi connectivity index (χ1) is 10.5. The molecule has 0 saturated heterocycles. The van der Waals surface area contributed by atoms with E-state index in [1.807, 2.05) is 12.1 Å². The summed E-state index contributed by atoms with van der Waals surface area (Å²) in [5.74, 6) is 0.231. The van der Waals surface area contributed by atoms with Crippen LogP contribution in [0.5, 0.6) is 0 Å². The van der Waals surface area contributed by atoms with Gasteiger partial charge in [0.05, 0.1) is 11.3 Å². The van der Waals surface area contributed by atoms with Crippen LogP contribution in [-0.4, -0.2) is 22.9 Å². The van der Waals surface area contributed by atoms with Gasteiger partial charge in [-0.2, -0.15) is 0 Å². The molecule has 1 aromatic heterocycles. The van der Waals surface area contributed by atoms with E-state index in [2.05, 4.69) is 10.3 Å².